The van der Waals surface area contributed by atoms with E-state index in [-0.39, 0.29) is 16.5 Å². The quantitative estimate of drug-likeness (QED) is 0.396. The number of hydrogen-bond acceptors (Lipinski definition) is 8. The molecular formula is C23H19ClN4O5S. The van der Waals surface area contributed by atoms with Crippen LogP contribution in [-0.2, 0) is 10.0 Å². The van der Waals surface area contributed by atoms with Crippen LogP contribution in [0.1, 0.15) is 0 Å². The highest BCUT2D eigenvalue weighted by Crippen LogP contribution is 2.34. The maximum absolute atomic E-state index is 13.2. The van der Waals surface area contributed by atoms with Crippen molar-refractivity contribution in [3.8, 4) is 17.2 Å². The first kappa shape index (κ1) is 22.1. The zero-order valence-corrected chi connectivity index (χ0v) is 19.5. The smallest absolute Gasteiger partial charge is 0.263 e. The van der Waals surface area contributed by atoms with Gasteiger partial charge in [0, 0.05) is 11.8 Å². The number of aromatic nitrogens is 2. The Morgan fingerprint density at radius 2 is 1.62 bits per heavy atom. The first-order valence-electron chi connectivity index (χ1n) is 10.2. The number of nitrogens with zero attached hydrogens (tertiary/aromatic N) is 2. The summed E-state index contributed by atoms with van der Waals surface area (Å²) in [6.07, 6.45) is 0. The molecule has 1 aromatic heterocycles. The summed E-state index contributed by atoms with van der Waals surface area (Å²) in [6, 6.07) is 16.7. The fourth-order valence-electron chi connectivity index (χ4n) is 3.42. The number of nitrogens with one attached hydrogen (secondary N) is 2. The normalized spacial score (nSPS) is 12.9. The van der Waals surface area contributed by atoms with Crippen LogP contribution in [0.2, 0.25) is 5.02 Å². The molecule has 9 nitrogen and oxygen atoms in total. The fraction of sp³-hybridized carbons (Fsp3) is 0.130. The monoisotopic (exact) mass is 498 g/mol. The third-order valence-electron chi connectivity index (χ3n) is 5.04. The molecule has 1 aliphatic rings. The Bertz CT molecular complexity index is 1500. The summed E-state index contributed by atoms with van der Waals surface area (Å²) in [4.78, 5) is 9.07. The zero-order chi connectivity index (χ0) is 23.7. The van der Waals surface area contributed by atoms with E-state index in [0.29, 0.717) is 52.2 Å². The van der Waals surface area contributed by atoms with Crippen molar-refractivity contribution in [2.75, 3.05) is 30.4 Å². The Morgan fingerprint density at radius 1 is 0.912 bits per heavy atom. The van der Waals surface area contributed by atoms with E-state index in [9.17, 15) is 8.42 Å². The Balaban J connectivity index is 1.53. The number of anilines is 3. The van der Waals surface area contributed by atoms with Crippen molar-refractivity contribution >= 4 is 50.0 Å². The van der Waals surface area contributed by atoms with Crippen LogP contribution in [0.25, 0.3) is 11.0 Å². The largest absolute Gasteiger partial charge is 0.495 e. The van der Waals surface area contributed by atoms with Gasteiger partial charge in [-0.3, -0.25) is 4.72 Å². The molecule has 0 fully saturated rings. The van der Waals surface area contributed by atoms with E-state index >= 15 is 0 Å². The number of methoxy groups -OCH3 is 1. The first-order chi connectivity index (χ1) is 16.4. The molecule has 11 heteroatoms. The summed E-state index contributed by atoms with van der Waals surface area (Å²) >= 11 is 6.24. The van der Waals surface area contributed by atoms with Crippen LogP contribution in [0, 0.1) is 0 Å². The summed E-state index contributed by atoms with van der Waals surface area (Å²) in [5.74, 6) is 1.61. The maximum Gasteiger partial charge on any atom is 0.263 e. The Hall–Kier alpha value is -3.76. The zero-order valence-electron chi connectivity index (χ0n) is 17.9. The topological polar surface area (TPSA) is 112 Å². The lowest BCUT2D eigenvalue weighted by molar-refractivity contribution is 0.171. The minimum absolute atomic E-state index is 0.00477. The van der Waals surface area contributed by atoms with Crippen molar-refractivity contribution in [1.82, 2.24) is 9.97 Å². The molecule has 0 bridgehead atoms. The van der Waals surface area contributed by atoms with Gasteiger partial charge in [-0.15, -0.1) is 0 Å². The second-order valence-corrected chi connectivity index (χ2v) is 9.38. The molecule has 1 aliphatic heterocycles. The molecule has 0 unspecified atom stereocenters. The third-order valence-corrected chi connectivity index (χ3v) is 6.67. The van der Waals surface area contributed by atoms with Crippen LogP contribution in [0.5, 0.6) is 17.2 Å². The molecule has 3 aromatic carbocycles. The van der Waals surface area contributed by atoms with Gasteiger partial charge in [0.15, 0.2) is 23.1 Å². The average Bonchev–Trinajstić information content (AvgIpc) is 2.84. The lowest BCUT2D eigenvalue weighted by atomic mass is 10.3. The molecule has 0 saturated carbocycles. The molecule has 2 N–H and O–H groups in total. The molecule has 0 amide bonds. The summed E-state index contributed by atoms with van der Waals surface area (Å²) in [5, 5.41) is 3.48. The lowest BCUT2D eigenvalue weighted by Gasteiger charge is -2.19. The number of benzene rings is 3. The Morgan fingerprint density at radius 3 is 2.32 bits per heavy atom. The molecule has 0 aliphatic carbocycles. The molecule has 174 valence electrons. The number of rotatable bonds is 6. The molecule has 4 aromatic rings. The van der Waals surface area contributed by atoms with Crippen LogP contribution in [0.15, 0.2) is 65.6 Å². The number of fused-ring (bicyclic) bond motifs is 2. The molecule has 0 radical (unpaired) electrons. The predicted molar refractivity (Wildman–Crippen MR) is 129 cm³/mol. The summed E-state index contributed by atoms with van der Waals surface area (Å²) < 4.78 is 45.2. The highest BCUT2D eigenvalue weighted by Gasteiger charge is 2.22. The van der Waals surface area contributed by atoms with Crippen LogP contribution >= 0.6 is 11.6 Å². The average molecular weight is 499 g/mol. The van der Waals surface area contributed by atoms with Gasteiger partial charge < -0.3 is 19.5 Å². The van der Waals surface area contributed by atoms with Gasteiger partial charge >= 0.3 is 0 Å². The van der Waals surface area contributed by atoms with Crippen LogP contribution in [0.4, 0.5) is 17.3 Å². The van der Waals surface area contributed by atoms with E-state index in [2.05, 4.69) is 20.0 Å². The van der Waals surface area contributed by atoms with E-state index in [1.165, 1.54) is 19.2 Å². The molecule has 0 spiro atoms. The molecule has 0 atom stereocenters. The van der Waals surface area contributed by atoms with Gasteiger partial charge in [0.25, 0.3) is 10.0 Å². The van der Waals surface area contributed by atoms with Crippen molar-refractivity contribution in [2.45, 2.75) is 4.90 Å². The van der Waals surface area contributed by atoms with E-state index in [4.69, 9.17) is 25.8 Å². The van der Waals surface area contributed by atoms with Crippen molar-refractivity contribution in [1.29, 1.82) is 0 Å². The maximum atomic E-state index is 13.2. The lowest BCUT2D eigenvalue weighted by Crippen LogP contribution is -2.18. The van der Waals surface area contributed by atoms with E-state index in [1.54, 1.807) is 42.5 Å². The van der Waals surface area contributed by atoms with Crippen LogP contribution in [-0.4, -0.2) is 38.7 Å². The SMILES string of the molecule is COc1ccc(Nc2nc3ccccc3nc2NS(=O)(=O)c2ccc3c(c2)OCCO3)cc1Cl. The van der Waals surface area contributed by atoms with E-state index in [1.807, 2.05) is 6.07 Å². The van der Waals surface area contributed by atoms with Gasteiger partial charge in [0.1, 0.15) is 19.0 Å². The first-order valence-corrected chi connectivity index (χ1v) is 12.1. The van der Waals surface area contributed by atoms with Crippen molar-refractivity contribution in [2.24, 2.45) is 0 Å². The summed E-state index contributed by atoms with van der Waals surface area (Å²) in [7, 11) is -2.50. The van der Waals surface area contributed by atoms with E-state index in [0.717, 1.165) is 0 Å². The van der Waals surface area contributed by atoms with Gasteiger partial charge in [-0.25, -0.2) is 18.4 Å². The Kier molecular flexibility index (Phi) is 5.76. The predicted octanol–water partition coefficient (Wildman–Crippen LogP) is 4.61. The molecular weight excluding hydrogens is 480 g/mol. The molecule has 2 heterocycles. The Labute approximate surface area is 200 Å². The molecule has 0 saturated heterocycles. The van der Waals surface area contributed by atoms with Gasteiger partial charge in [0.05, 0.1) is 28.1 Å². The number of ether oxygens (including phenoxy) is 3. The minimum Gasteiger partial charge on any atom is -0.495 e. The molecule has 5 rings (SSSR count). The van der Waals surface area contributed by atoms with Crippen molar-refractivity contribution in [3.63, 3.8) is 0 Å². The van der Waals surface area contributed by atoms with Gasteiger partial charge in [0.2, 0.25) is 0 Å². The number of para-hydroxylation sites is 2. The number of hydrogen-bond donors (Lipinski definition) is 2. The van der Waals surface area contributed by atoms with Gasteiger partial charge in [-0.1, -0.05) is 23.7 Å². The van der Waals surface area contributed by atoms with Crippen molar-refractivity contribution in [3.05, 3.63) is 65.7 Å². The second kappa shape index (κ2) is 8.88. The highest BCUT2D eigenvalue weighted by atomic mass is 35.5. The minimum atomic E-state index is -4.02. The highest BCUT2D eigenvalue weighted by molar-refractivity contribution is 7.92. The number of sulfonamides is 1. The molecule has 34 heavy (non-hydrogen) atoms. The summed E-state index contributed by atoms with van der Waals surface area (Å²) in [6.45, 7) is 0.757. The van der Waals surface area contributed by atoms with Gasteiger partial charge in [-0.2, -0.15) is 0 Å². The van der Waals surface area contributed by atoms with Crippen LogP contribution < -0.4 is 24.2 Å². The standard InChI is InChI=1S/C23H19ClN4O5S/c1-31-19-8-6-14(12-16(19)24)25-22-23(27-18-5-3-2-4-17(18)26-22)28-34(29,30)15-7-9-20-21(13-15)33-11-10-32-20/h2-9,12-13H,10-11H2,1H3,(H,25,26)(H,27,28). The fourth-order valence-corrected chi connectivity index (χ4v) is 4.70. The van der Waals surface area contributed by atoms with Crippen molar-refractivity contribution < 1.29 is 22.6 Å². The second-order valence-electron chi connectivity index (χ2n) is 7.29. The van der Waals surface area contributed by atoms with E-state index < -0.39 is 10.0 Å². The number of halogens is 1. The van der Waals surface area contributed by atoms with Gasteiger partial charge in [-0.05, 0) is 42.5 Å². The third kappa shape index (κ3) is 4.37. The van der Waals surface area contributed by atoms with Crippen LogP contribution in [0.3, 0.4) is 0 Å². The summed E-state index contributed by atoms with van der Waals surface area (Å²) in [5.41, 5.74) is 1.70.